The molecule has 0 aromatic carbocycles. The minimum absolute atomic E-state index is 0.402. The highest BCUT2D eigenvalue weighted by molar-refractivity contribution is 7.09. The first-order valence-electron chi connectivity index (χ1n) is 8.70. The summed E-state index contributed by atoms with van der Waals surface area (Å²) < 4.78 is 7.93. The van der Waals surface area contributed by atoms with Gasteiger partial charge in [-0.3, -0.25) is 9.58 Å². The van der Waals surface area contributed by atoms with Crippen LogP contribution in [0, 0.1) is 5.92 Å². The maximum Gasteiger partial charge on any atom is 0.0736 e. The predicted octanol–water partition coefficient (Wildman–Crippen LogP) is 3.49. The van der Waals surface area contributed by atoms with Crippen molar-refractivity contribution in [3.05, 3.63) is 39.8 Å². The average molecular weight is 331 g/mol. The maximum atomic E-state index is 5.74. The van der Waals surface area contributed by atoms with Gasteiger partial charge in [0, 0.05) is 55.3 Å². The molecular weight excluding hydrogens is 306 g/mol. The lowest BCUT2D eigenvalue weighted by molar-refractivity contribution is 0.104. The van der Waals surface area contributed by atoms with Crippen LogP contribution in [0.25, 0.3) is 0 Å². The number of nitrogens with zero attached hydrogens (tertiary/aromatic N) is 3. The third-order valence-electron chi connectivity index (χ3n) is 4.75. The molecule has 1 aliphatic carbocycles. The molecule has 4 nitrogen and oxygen atoms in total. The van der Waals surface area contributed by atoms with E-state index in [4.69, 9.17) is 9.84 Å². The fraction of sp³-hybridized carbons (Fsp3) is 0.611. The van der Waals surface area contributed by atoms with Gasteiger partial charge < -0.3 is 4.74 Å². The standard InChI is InChI=1S/C18H25N3OS/c1-2-22-13-16-10-20(12-17-4-3-7-23-17)9-15-11-21(19-18(15)16)8-14-5-6-14/h3-4,7,11,14,16H,2,5-6,8-10,12-13H2,1H3. The van der Waals surface area contributed by atoms with Crippen molar-refractivity contribution in [3.63, 3.8) is 0 Å². The summed E-state index contributed by atoms with van der Waals surface area (Å²) >= 11 is 1.85. The molecule has 2 aliphatic rings. The Morgan fingerprint density at radius 2 is 2.30 bits per heavy atom. The van der Waals surface area contributed by atoms with Crippen molar-refractivity contribution in [1.82, 2.24) is 14.7 Å². The molecule has 3 heterocycles. The van der Waals surface area contributed by atoms with Crippen molar-refractivity contribution < 1.29 is 4.74 Å². The van der Waals surface area contributed by atoms with Crippen LogP contribution in [0.4, 0.5) is 0 Å². The number of thiophene rings is 1. The van der Waals surface area contributed by atoms with Crippen LogP contribution in [0.15, 0.2) is 23.7 Å². The quantitative estimate of drug-likeness (QED) is 0.778. The zero-order valence-electron chi connectivity index (χ0n) is 13.8. The first kappa shape index (κ1) is 15.4. The molecule has 0 amide bonds. The van der Waals surface area contributed by atoms with Crippen LogP contribution in [0.1, 0.15) is 41.8 Å². The van der Waals surface area contributed by atoms with Crippen LogP contribution in [0.3, 0.4) is 0 Å². The van der Waals surface area contributed by atoms with Gasteiger partial charge in [-0.2, -0.15) is 5.10 Å². The smallest absolute Gasteiger partial charge is 0.0736 e. The van der Waals surface area contributed by atoms with Gasteiger partial charge >= 0.3 is 0 Å². The summed E-state index contributed by atoms with van der Waals surface area (Å²) in [6.45, 7) is 7.82. The summed E-state index contributed by atoms with van der Waals surface area (Å²) in [5.41, 5.74) is 2.68. The van der Waals surface area contributed by atoms with Gasteiger partial charge in [0.2, 0.25) is 0 Å². The average Bonchev–Trinajstić information content (AvgIpc) is 3.04. The second-order valence-electron chi connectivity index (χ2n) is 6.81. The highest BCUT2D eigenvalue weighted by atomic mass is 32.1. The molecule has 1 fully saturated rings. The second-order valence-corrected chi connectivity index (χ2v) is 7.84. The highest BCUT2D eigenvalue weighted by Gasteiger charge is 2.30. The summed E-state index contributed by atoms with van der Waals surface area (Å²) in [6, 6.07) is 4.37. The summed E-state index contributed by atoms with van der Waals surface area (Å²) in [5.74, 6) is 1.27. The number of fused-ring (bicyclic) bond motifs is 1. The van der Waals surface area contributed by atoms with Crippen LogP contribution in [-0.2, 0) is 24.4 Å². The van der Waals surface area contributed by atoms with Crippen LogP contribution in [0.2, 0.25) is 0 Å². The van der Waals surface area contributed by atoms with E-state index in [0.717, 1.165) is 45.3 Å². The fourth-order valence-corrected chi connectivity index (χ4v) is 4.19. The van der Waals surface area contributed by atoms with E-state index in [1.54, 1.807) is 0 Å². The van der Waals surface area contributed by atoms with Gasteiger partial charge in [-0.25, -0.2) is 0 Å². The van der Waals surface area contributed by atoms with Gasteiger partial charge in [0.1, 0.15) is 0 Å². The zero-order chi connectivity index (χ0) is 15.6. The Hall–Kier alpha value is -1.17. The number of hydrogen-bond donors (Lipinski definition) is 0. The molecule has 1 unspecified atom stereocenters. The van der Waals surface area contributed by atoms with E-state index in [1.165, 1.54) is 29.0 Å². The third kappa shape index (κ3) is 3.67. The molecule has 0 N–H and O–H groups in total. The van der Waals surface area contributed by atoms with Crippen molar-refractivity contribution in [2.45, 2.75) is 45.3 Å². The van der Waals surface area contributed by atoms with Crippen LogP contribution in [-0.4, -0.2) is 34.4 Å². The zero-order valence-corrected chi connectivity index (χ0v) is 14.6. The number of ether oxygens (including phenoxy) is 1. The predicted molar refractivity (Wildman–Crippen MR) is 92.6 cm³/mol. The largest absolute Gasteiger partial charge is 0.381 e. The Balaban J connectivity index is 1.51. The first-order valence-corrected chi connectivity index (χ1v) is 9.58. The first-order chi connectivity index (χ1) is 11.3. The minimum atomic E-state index is 0.402. The van der Waals surface area contributed by atoms with Crippen molar-refractivity contribution in [2.75, 3.05) is 19.8 Å². The van der Waals surface area contributed by atoms with Crippen molar-refractivity contribution >= 4 is 11.3 Å². The molecule has 2 aromatic rings. The Morgan fingerprint density at radius 3 is 3.04 bits per heavy atom. The summed E-state index contributed by atoms with van der Waals surface area (Å²) in [7, 11) is 0. The van der Waals surface area contributed by atoms with Crippen molar-refractivity contribution in [3.8, 4) is 0 Å². The number of hydrogen-bond acceptors (Lipinski definition) is 4. The molecule has 0 saturated heterocycles. The Kier molecular flexibility index (Phi) is 4.51. The minimum Gasteiger partial charge on any atom is -0.381 e. The van der Waals surface area contributed by atoms with E-state index in [9.17, 15) is 0 Å². The van der Waals surface area contributed by atoms with E-state index >= 15 is 0 Å². The monoisotopic (exact) mass is 331 g/mol. The van der Waals surface area contributed by atoms with Crippen LogP contribution >= 0.6 is 11.3 Å². The molecule has 23 heavy (non-hydrogen) atoms. The Bertz CT molecular complexity index is 633. The molecule has 0 radical (unpaired) electrons. The molecule has 0 bridgehead atoms. The third-order valence-corrected chi connectivity index (χ3v) is 5.62. The van der Waals surface area contributed by atoms with Gasteiger partial charge in [-0.05, 0) is 37.1 Å². The molecule has 124 valence electrons. The lowest BCUT2D eigenvalue weighted by Crippen LogP contribution is -2.34. The summed E-state index contributed by atoms with van der Waals surface area (Å²) in [6.07, 6.45) is 5.03. The fourth-order valence-electron chi connectivity index (χ4n) is 3.44. The van der Waals surface area contributed by atoms with Gasteiger partial charge in [0.25, 0.3) is 0 Å². The highest BCUT2D eigenvalue weighted by Crippen LogP contribution is 2.33. The Labute approximate surface area is 142 Å². The van der Waals surface area contributed by atoms with Gasteiger partial charge in [-0.15, -0.1) is 11.3 Å². The van der Waals surface area contributed by atoms with Gasteiger partial charge in [-0.1, -0.05) is 6.07 Å². The number of rotatable bonds is 7. The van der Waals surface area contributed by atoms with Gasteiger partial charge in [0.15, 0.2) is 0 Å². The molecule has 1 aliphatic heterocycles. The van der Waals surface area contributed by atoms with E-state index in [-0.39, 0.29) is 0 Å². The normalized spacial score (nSPS) is 21.5. The molecule has 5 heteroatoms. The molecular formula is C18H25N3OS. The molecule has 1 saturated carbocycles. The molecule has 0 spiro atoms. The van der Waals surface area contributed by atoms with E-state index in [2.05, 4.69) is 40.2 Å². The topological polar surface area (TPSA) is 30.3 Å². The summed E-state index contributed by atoms with van der Waals surface area (Å²) in [5, 5.41) is 7.07. The van der Waals surface area contributed by atoms with Crippen LogP contribution in [0.5, 0.6) is 0 Å². The molecule has 2 aromatic heterocycles. The SMILES string of the molecule is CCOCC1CN(Cc2cccs2)Cc2cn(CC3CC3)nc21. The van der Waals surface area contributed by atoms with E-state index in [1.807, 2.05) is 11.3 Å². The van der Waals surface area contributed by atoms with E-state index < -0.39 is 0 Å². The second kappa shape index (κ2) is 6.75. The van der Waals surface area contributed by atoms with E-state index in [0.29, 0.717) is 5.92 Å². The van der Waals surface area contributed by atoms with Crippen molar-refractivity contribution in [1.29, 1.82) is 0 Å². The molecule has 1 atom stereocenters. The van der Waals surface area contributed by atoms with Crippen LogP contribution < -0.4 is 0 Å². The summed E-state index contributed by atoms with van der Waals surface area (Å²) in [4.78, 5) is 3.98. The maximum absolute atomic E-state index is 5.74. The molecule has 4 rings (SSSR count). The van der Waals surface area contributed by atoms with Gasteiger partial charge in [0.05, 0.1) is 12.3 Å². The Morgan fingerprint density at radius 1 is 1.39 bits per heavy atom. The van der Waals surface area contributed by atoms with Crippen molar-refractivity contribution in [2.24, 2.45) is 5.92 Å². The lowest BCUT2D eigenvalue weighted by atomic mass is 9.97. The lowest BCUT2D eigenvalue weighted by Gasteiger charge is -2.31. The number of aromatic nitrogens is 2.